The molecule has 5 nitrogen and oxygen atoms in total. The molecule has 0 aromatic carbocycles. The van der Waals surface area contributed by atoms with E-state index in [1.165, 1.54) is 0 Å². The Morgan fingerprint density at radius 3 is 2.68 bits per heavy atom. The van der Waals surface area contributed by atoms with Crippen molar-refractivity contribution >= 4 is 48.6 Å². The van der Waals surface area contributed by atoms with Crippen LogP contribution in [0.3, 0.4) is 0 Å². The van der Waals surface area contributed by atoms with Crippen LogP contribution in [0.25, 0.3) is 0 Å². The minimum atomic E-state index is -4.02. The van der Waals surface area contributed by atoms with E-state index < -0.39 is 20.3 Å². The fourth-order valence-corrected chi connectivity index (χ4v) is 4.74. The summed E-state index contributed by atoms with van der Waals surface area (Å²) < 4.78 is 33.0. The highest BCUT2D eigenvalue weighted by Crippen LogP contribution is 2.36. The summed E-state index contributed by atoms with van der Waals surface area (Å²) in [4.78, 5) is 11.7. The number of alkyl halides is 1. The molecule has 0 bridgehead atoms. The van der Waals surface area contributed by atoms with Gasteiger partial charge in [0.15, 0.2) is 0 Å². The summed E-state index contributed by atoms with van der Waals surface area (Å²) in [5.74, 6) is -0.848. The molecule has 0 aliphatic carbocycles. The molecular weight excluding hydrogens is 335 g/mol. The van der Waals surface area contributed by atoms with Gasteiger partial charge in [-0.25, -0.2) is 13.2 Å². The van der Waals surface area contributed by atoms with Crippen LogP contribution in [0.1, 0.15) is 28.6 Å². The average Bonchev–Trinajstić information content (AvgIpc) is 2.70. The van der Waals surface area contributed by atoms with Crippen LogP contribution in [-0.4, -0.2) is 26.2 Å². The Bertz CT molecular complexity index is 603. The van der Waals surface area contributed by atoms with Gasteiger partial charge < -0.3 is 9.47 Å². The lowest BCUT2D eigenvalue weighted by Crippen LogP contribution is -2.42. The molecule has 106 valence electrons. The Morgan fingerprint density at radius 2 is 2.26 bits per heavy atom. The van der Waals surface area contributed by atoms with Crippen molar-refractivity contribution in [3.63, 3.8) is 0 Å². The van der Waals surface area contributed by atoms with Gasteiger partial charge in [-0.1, -0.05) is 6.92 Å². The molecular formula is C10H10Cl2O5S2. The number of esters is 1. The molecule has 9 heteroatoms. The fourth-order valence-electron chi connectivity index (χ4n) is 1.56. The maximum Gasteiger partial charge on any atom is 0.353 e. The molecule has 2 rings (SSSR count). The van der Waals surface area contributed by atoms with Crippen LogP contribution >= 0.6 is 33.6 Å². The fraction of sp³-hybridized carbons (Fsp3) is 0.500. The molecule has 1 atom stereocenters. The van der Waals surface area contributed by atoms with Gasteiger partial charge >= 0.3 is 5.97 Å². The van der Waals surface area contributed by atoms with Crippen LogP contribution in [-0.2, 0) is 24.9 Å². The minimum absolute atomic E-state index is 0.0811. The third-order valence-corrected chi connectivity index (χ3v) is 5.52. The predicted molar refractivity (Wildman–Crippen MR) is 71.3 cm³/mol. The number of rotatable bonds is 4. The van der Waals surface area contributed by atoms with E-state index in [2.05, 4.69) is 0 Å². The maximum atomic E-state index is 12.0. The van der Waals surface area contributed by atoms with Crippen molar-refractivity contribution in [3.05, 3.63) is 15.8 Å². The summed E-state index contributed by atoms with van der Waals surface area (Å²) in [6.07, 6.45) is 0.794. The Hall–Kier alpha value is -0.340. The van der Waals surface area contributed by atoms with E-state index >= 15 is 0 Å². The summed E-state index contributed by atoms with van der Waals surface area (Å²) in [6, 6.07) is 0. The molecule has 1 saturated heterocycles. The Labute approximate surface area is 123 Å². The van der Waals surface area contributed by atoms with Gasteiger partial charge in [0.05, 0.1) is 13.0 Å². The Morgan fingerprint density at radius 1 is 1.63 bits per heavy atom. The van der Waals surface area contributed by atoms with Gasteiger partial charge in [0.25, 0.3) is 14.3 Å². The summed E-state index contributed by atoms with van der Waals surface area (Å²) in [5.41, 5.74) is 0.477. The molecule has 1 fully saturated rings. The summed E-state index contributed by atoms with van der Waals surface area (Å²) in [5, 5.41) is 0.0786. The molecule has 0 radical (unpaired) electrons. The normalized spacial score (nSPS) is 22.9. The number of hydrogen-bond donors (Lipinski definition) is 0. The van der Waals surface area contributed by atoms with Gasteiger partial charge in [-0.3, -0.25) is 0 Å². The van der Waals surface area contributed by atoms with Crippen LogP contribution in [0.2, 0.25) is 0 Å². The molecule has 1 unspecified atom stereocenters. The quantitative estimate of drug-likeness (QED) is 0.477. The van der Waals surface area contributed by atoms with Gasteiger partial charge in [-0.15, -0.1) is 11.3 Å². The first-order valence-corrected chi connectivity index (χ1v) is 8.95. The van der Waals surface area contributed by atoms with Crippen molar-refractivity contribution < 1.29 is 22.7 Å². The van der Waals surface area contributed by atoms with E-state index in [0.717, 1.165) is 11.3 Å². The van der Waals surface area contributed by atoms with Gasteiger partial charge in [0.1, 0.15) is 9.77 Å². The number of aryl methyl sites for hydroxylation is 1. The first-order valence-electron chi connectivity index (χ1n) is 5.38. The molecule has 0 spiro atoms. The highest BCUT2D eigenvalue weighted by atomic mass is 35.7. The lowest BCUT2D eigenvalue weighted by molar-refractivity contribution is -0.220. The molecule has 0 amide bonds. The van der Waals surface area contributed by atoms with Crippen LogP contribution in [0.15, 0.2) is 10.3 Å². The van der Waals surface area contributed by atoms with Gasteiger partial charge in [0, 0.05) is 10.7 Å². The van der Waals surface area contributed by atoms with E-state index in [1.54, 1.807) is 12.3 Å². The largest absolute Gasteiger partial charge is 0.414 e. The topological polar surface area (TPSA) is 69.7 Å². The van der Waals surface area contributed by atoms with Gasteiger partial charge in [0.2, 0.25) is 0 Å². The summed E-state index contributed by atoms with van der Waals surface area (Å²) >= 11 is 6.78. The van der Waals surface area contributed by atoms with Crippen LogP contribution in [0, 0.1) is 0 Å². The molecule has 1 aromatic rings. The number of carbonyl (C=O) groups is 1. The standard InChI is InChI=1S/C10H10Cl2O5S2/c1-2-6-5-18-7(8(6)19(12,14)15)9(13)17-10(11)3-4-16-10/h5H,2-4H2,1H3. The zero-order chi connectivity index (χ0) is 14.3. The van der Waals surface area contributed by atoms with Crippen molar-refractivity contribution in [2.45, 2.75) is 29.9 Å². The van der Waals surface area contributed by atoms with Gasteiger partial charge in [-0.2, -0.15) is 0 Å². The predicted octanol–water partition coefficient (Wildman–Crippen LogP) is 2.71. The third kappa shape index (κ3) is 3.05. The maximum absolute atomic E-state index is 12.0. The molecule has 2 heterocycles. The zero-order valence-electron chi connectivity index (χ0n) is 9.81. The number of halogens is 2. The Kier molecular flexibility index (Phi) is 4.13. The van der Waals surface area contributed by atoms with Crippen molar-refractivity contribution in [1.82, 2.24) is 0 Å². The second-order valence-electron chi connectivity index (χ2n) is 3.86. The second kappa shape index (κ2) is 5.21. The van der Waals surface area contributed by atoms with Crippen LogP contribution in [0.4, 0.5) is 0 Å². The monoisotopic (exact) mass is 344 g/mol. The molecule has 0 N–H and O–H groups in total. The van der Waals surface area contributed by atoms with E-state index in [9.17, 15) is 13.2 Å². The molecule has 1 aliphatic rings. The first-order chi connectivity index (χ1) is 8.77. The van der Waals surface area contributed by atoms with Crippen LogP contribution in [0.5, 0.6) is 0 Å². The Balaban J connectivity index is 2.34. The SMILES string of the molecule is CCc1csc(C(=O)OC2(Cl)CCO2)c1S(=O)(=O)Cl. The zero-order valence-corrected chi connectivity index (χ0v) is 13.0. The smallest absolute Gasteiger partial charge is 0.353 e. The molecule has 0 saturated carbocycles. The van der Waals surface area contributed by atoms with E-state index in [-0.39, 0.29) is 9.77 Å². The van der Waals surface area contributed by atoms with Crippen molar-refractivity contribution in [2.24, 2.45) is 0 Å². The second-order valence-corrected chi connectivity index (χ2v) is 7.82. The van der Waals surface area contributed by atoms with E-state index in [0.29, 0.717) is 25.0 Å². The van der Waals surface area contributed by atoms with E-state index in [1.807, 2.05) is 0 Å². The number of ether oxygens (including phenoxy) is 2. The number of hydrogen-bond acceptors (Lipinski definition) is 6. The van der Waals surface area contributed by atoms with Crippen molar-refractivity contribution in [2.75, 3.05) is 6.61 Å². The van der Waals surface area contributed by atoms with Crippen molar-refractivity contribution in [1.29, 1.82) is 0 Å². The lowest BCUT2D eigenvalue weighted by Gasteiger charge is -2.34. The van der Waals surface area contributed by atoms with Gasteiger partial charge in [-0.05, 0) is 29.0 Å². The summed E-state index contributed by atoms with van der Waals surface area (Å²) in [7, 11) is 1.33. The average molecular weight is 345 g/mol. The lowest BCUT2D eigenvalue weighted by atomic mass is 10.2. The number of thiophene rings is 1. The third-order valence-electron chi connectivity index (χ3n) is 2.59. The molecule has 19 heavy (non-hydrogen) atoms. The molecule has 1 aromatic heterocycles. The molecule has 1 aliphatic heterocycles. The first kappa shape index (κ1) is 15.1. The summed E-state index contributed by atoms with van der Waals surface area (Å²) in [6.45, 7) is 2.16. The number of carbonyl (C=O) groups excluding carboxylic acids is 1. The van der Waals surface area contributed by atoms with Crippen LogP contribution < -0.4 is 0 Å². The highest BCUT2D eigenvalue weighted by molar-refractivity contribution is 8.14. The highest BCUT2D eigenvalue weighted by Gasteiger charge is 2.42. The minimum Gasteiger partial charge on any atom is -0.414 e. The van der Waals surface area contributed by atoms with Crippen molar-refractivity contribution in [3.8, 4) is 0 Å². The van der Waals surface area contributed by atoms with E-state index in [4.69, 9.17) is 31.8 Å².